The van der Waals surface area contributed by atoms with Crippen molar-refractivity contribution in [3.63, 3.8) is 0 Å². The van der Waals surface area contributed by atoms with Gasteiger partial charge in [0.15, 0.2) is 0 Å². The Morgan fingerprint density at radius 3 is 2.76 bits per heavy atom. The van der Waals surface area contributed by atoms with E-state index in [1.54, 1.807) is 4.90 Å². The molecule has 0 spiro atoms. The maximum atomic E-state index is 11.9. The first kappa shape index (κ1) is 10.6. The molecule has 1 aliphatic carbocycles. The number of aryl methyl sites for hydroxylation is 1. The van der Waals surface area contributed by atoms with Crippen molar-refractivity contribution in [3.05, 3.63) is 35.4 Å². The molecular weight excluding hydrogens is 214 g/mol. The average molecular weight is 231 g/mol. The lowest BCUT2D eigenvalue weighted by molar-refractivity contribution is -0.00633. The Labute approximate surface area is 101 Å². The lowest BCUT2D eigenvalue weighted by Crippen LogP contribution is -2.53. The van der Waals surface area contributed by atoms with E-state index >= 15 is 0 Å². The van der Waals surface area contributed by atoms with Crippen molar-refractivity contribution in [2.45, 2.75) is 37.8 Å². The standard InChI is InChI=1S/C14H17NO2/c1-13-9-8-10-6-4-5-7-11(10)14(13,2)15(3)12(16)17-13/h4-7H,8-9H2,1-3H3/t13-,14+/m0/s1. The molecule has 3 heteroatoms. The van der Waals surface area contributed by atoms with Crippen molar-refractivity contribution in [2.24, 2.45) is 0 Å². The summed E-state index contributed by atoms with van der Waals surface area (Å²) in [5, 5.41) is 0. The van der Waals surface area contributed by atoms with E-state index in [4.69, 9.17) is 4.74 Å². The predicted octanol–water partition coefficient (Wildman–Crippen LogP) is 2.69. The number of hydrogen-bond acceptors (Lipinski definition) is 2. The van der Waals surface area contributed by atoms with Crippen molar-refractivity contribution in [3.8, 4) is 0 Å². The van der Waals surface area contributed by atoms with Crippen LogP contribution in [0.3, 0.4) is 0 Å². The number of amides is 1. The minimum Gasteiger partial charge on any atom is -0.440 e. The Balaban J connectivity index is 2.25. The first-order valence-electron chi connectivity index (χ1n) is 6.04. The largest absolute Gasteiger partial charge is 0.440 e. The molecule has 3 rings (SSSR count). The molecule has 0 aromatic heterocycles. The van der Waals surface area contributed by atoms with Gasteiger partial charge in [-0.15, -0.1) is 0 Å². The topological polar surface area (TPSA) is 29.5 Å². The van der Waals surface area contributed by atoms with E-state index in [-0.39, 0.29) is 11.6 Å². The van der Waals surface area contributed by atoms with Crippen LogP contribution in [-0.2, 0) is 16.7 Å². The maximum absolute atomic E-state index is 11.9. The molecule has 1 amide bonds. The molecule has 3 nitrogen and oxygen atoms in total. The summed E-state index contributed by atoms with van der Waals surface area (Å²) < 4.78 is 5.61. The van der Waals surface area contributed by atoms with E-state index in [0.717, 1.165) is 12.8 Å². The van der Waals surface area contributed by atoms with Gasteiger partial charge in [-0.3, -0.25) is 4.90 Å². The summed E-state index contributed by atoms with van der Waals surface area (Å²) in [7, 11) is 1.83. The van der Waals surface area contributed by atoms with Crippen LogP contribution >= 0.6 is 0 Å². The van der Waals surface area contributed by atoms with Gasteiger partial charge in [-0.1, -0.05) is 24.3 Å². The number of carbonyl (C=O) groups is 1. The second-order valence-corrected chi connectivity index (χ2v) is 5.39. The van der Waals surface area contributed by atoms with Gasteiger partial charge < -0.3 is 4.74 Å². The Kier molecular flexibility index (Phi) is 1.90. The highest BCUT2D eigenvalue weighted by molar-refractivity contribution is 5.73. The Morgan fingerprint density at radius 2 is 2.00 bits per heavy atom. The molecule has 0 N–H and O–H groups in total. The van der Waals surface area contributed by atoms with Gasteiger partial charge in [0, 0.05) is 7.05 Å². The summed E-state index contributed by atoms with van der Waals surface area (Å²) in [5.74, 6) is 0. The average Bonchev–Trinajstić information content (AvgIpc) is 2.50. The lowest BCUT2D eigenvalue weighted by Gasteiger charge is -2.45. The molecular formula is C14H17NO2. The number of benzene rings is 1. The van der Waals surface area contributed by atoms with Gasteiger partial charge in [-0.05, 0) is 37.8 Å². The zero-order valence-electron chi connectivity index (χ0n) is 10.5. The summed E-state index contributed by atoms with van der Waals surface area (Å²) in [6.45, 7) is 4.15. The molecule has 1 aromatic carbocycles. The first-order valence-corrected chi connectivity index (χ1v) is 6.04. The zero-order valence-corrected chi connectivity index (χ0v) is 10.5. The number of nitrogens with zero attached hydrogens (tertiary/aromatic N) is 1. The molecule has 1 aliphatic heterocycles. The lowest BCUT2D eigenvalue weighted by atomic mass is 9.68. The summed E-state index contributed by atoms with van der Waals surface area (Å²) >= 11 is 0. The van der Waals surface area contributed by atoms with Gasteiger partial charge in [0.05, 0.1) is 0 Å². The molecule has 1 fully saturated rings. The Bertz CT molecular complexity index is 499. The third-order valence-electron chi connectivity index (χ3n) is 4.70. The maximum Gasteiger partial charge on any atom is 0.411 e. The third kappa shape index (κ3) is 1.09. The molecule has 2 aliphatic rings. The van der Waals surface area contributed by atoms with Crippen molar-refractivity contribution in [2.75, 3.05) is 7.05 Å². The third-order valence-corrected chi connectivity index (χ3v) is 4.70. The molecule has 1 heterocycles. The second-order valence-electron chi connectivity index (χ2n) is 5.39. The van der Waals surface area contributed by atoms with Crippen LogP contribution < -0.4 is 0 Å². The van der Waals surface area contributed by atoms with Gasteiger partial charge >= 0.3 is 6.09 Å². The molecule has 0 unspecified atom stereocenters. The smallest absolute Gasteiger partial charge is 0.411 e. The van der Waals surface area contributed by atoms with Crippen LogP contribution in [0.25, 0.3) is 0 Å². The van der Waals surface area contributed by atoms with Gasteiger partial charge in [-0.2, -0.15) is 0 Å². The molecule has 90 valence electrons. The van der Waals surface area contributed by atoms with Crippen LogP contribution in [0.2, 0.25) is 0 Å². The van der Waals surface area contributed by atoms with Crippen LogP contribution in [0, 0.1) is 0 Å². The van der Waals surface area contributed by atoms with E-state index in [9.17, 15) is 4.79 Å². The monoisotopic (exact) mass is 231 g/mol. The molecule has 0 bridgehead atoms. The van der Waals surface area contributed by atoms with Crippen LogP contribution in [0.15, 0.2) is 24.3 Å². The van der Waals surface area contributed by atoms with E-state index in [2.05, 4.69) is 25.1 Å². The van der Waals surface area contributed by atoms with Crippen LogP contribution in [0.5, 0.6) is 0 Å². The van der Waals surface area contributed by atoms with Gasteiger partial charge in [0.2, 0.25) is 0 Å². The van der Waals surface area contributed by atoms with Crippen LogP contribution in [0.1, 0.15) is 31.4 Å². The predicted molar refractivity (Wildman–Crippen MR) is 64.8 cm³/mol. The molecule has 0 saturated carbocycles. The summed E-state index contributed by atoms with van der Waals surface area (Å²) in [4.78, 5) is 13.6. The van der Waals surface area contributed by atoms with Crippen molar-refractivity contribution in [1.29, 1.82) is 0 Å². The minimum absolute atomic E-state index is 0.216. The van der Waals surface area contributed by atoms with Crippen molar-refractivity contribution < 1.29 is 9.53 Å². The number of rotatable bonds is 0. The molecule has 1 saturated heterocycles. The number of likely N-dealkylation sites (N-methyl/N-ethyl adjacent to an activating group) is 1. The fourth-order valence-electron chi connectivity index (χ4n) is 3.24. The van der Waals surface area contributed by atoms with Gasteiger partial charge in [0.1, 0.15) is 11.1 Å². The fraction of sp³-hybridized carbons (Fsp3) is 0.500. The quantitative estimate of drug-likeness (QED) is 0.687. The van der Waals surface area contributed by atoms with Crippen LogP contribution in [0.4, 0.5) is 4.79 Å². The summed E-state index contributed by atoms with van der Waals surface area (Å²) in [6, 6.07) is 8.36. The number of fused-ring (bicyclic) bond motifs is 3. The Morgan fingerprint density at radius 1 is 1.29 bits per heavy atom. The highest BCUT2D eigenvalue weighted by Crippen LogP contribution is 2.52. The normalized spacial score (nSPS) is 35.2. The SMILES string of the molecule is CN1C(=O)O[C@@]2(C)CCc3ccccc3[C@@]12C. The highest BCUT2D eigenvalue weighted by atomic mass is 16.6. The summed E-state index contributed by atoms with van der Waals surface area (Å²) in [6.07, 6.45) is 1.65. The van der Waals surface area contributed by atoms with E-state index in [0.29, 0.717) is 0 Å². The van der Waals surface area contributed by atoms with E-state index in [1.807, 2.05) is 20.0 Å². The first-order chi connectivity index (χ1) is 7.99. The molecule has 0 radical (unpaired) electrons. The zero-order chi connectivity index (χ0) is 12.3. The number of ether oxygens (including phenoxy) is 1. The van der Waals surface area contributed by atoms with E-state index in [1.165, 1.54) is 11.1 Å². The second kappa shape index (κ2) is 3.03. The highest BCUT2D eigenvalue weighted by Gasteiger charge is 2.61. The molecule has 17 heavy (non-hydrogen) atoms. The Hall–Kier alpha value is -1.51. The van der Waals surface area contributed by atoms with E-state index < -0.39 is 5.60 Å². The number of carbonyl (C=O) groups excluding carboxylic acids is 1. The molecule has 2 atom stereocenters. The fourth-order valence-corrected chi connectivity index (χ4v) is 3.24. The summed E-state index contributed by atoms with van der Waals surface area (Å²) in [5.41, 5.74) is 1.80. The van der Waals surface area contributed by atoms with Crippen molar-refractivity contribution in [1.82, 2.24) is 4.90 Å². The van der Waals surface area contributed by atoms with Gasteiger partial charge in [0.25, 0.3) is 0 Å². The number of hydrogen-bond donors (Lipinski definition) is 0. The minimum atomic E-state index is -0.410. The van der Waals surface area contributed by atoms with Gasteiger partial charge in [-0.25, -0.2) is 4.79 Å². The van der Waals surface area contributed by atoms with Crippen LogP contribution in [-0.4, -0.2) is 23.6 Å². The van der Waals surface area contributed by atoms with Crippen molar-refractivity contribution >= 4 is 6.09 Å². The molecule has 1 aromatic rings.